The van der Waals surface area contributed by atoms with Gasteiger partial charge in [0.1, 0.15) is 9.79 Å². The number of nitrogens with zero attached hydrogens (tertiary/aromatic N) is 2. The second kappa shape index (κ2) is 8.71. The Morgan fingerprint density at radius 2 is 1.11 bits per heavy atom. The zero-order chi connectivity index (χ0) is 20.8. The van der Waals surface area contributed by atoms with E-state index < -0.39 is 26.3 Å². The van der Waals surface area contributed by atoms with Gasteiger partial charge in [-0.25, -0.2) is 15.6 Å². The van der Waals surface area contributed by atoms with Gasteiger partial charge in [0.05, 0.1) is 12.4 Å². The van der Waals surface area contributed by atoms with Crippen LogP contribution in [0.1, 0.15) is 11.1 Å². The highest BCUT2D eigenvalue weighted by atomic mass is 32.2. The van der Waals surface area contributed by atoms with Gasteiger partial charge in [0, 0.05) is 11.1 Å². The van der Waals surface area contributed by atoms with Crippen LogP contribution >= 0.6 is 0 Å². The van der Waals surface area contributed by atoms with E-state index in [2.05, 4.69) is 10.2 Å². The van der Waals surface area contributed by atoms with E-state index in [0.29, 0.717) is 0 Å². The first-order chi connectivity index (χ1) is 13.1. The molecule has 0 atom stereocenters. The molecule has 0 aliphatic heterocycles. The standard InChI is InChI=1S/C15H14N4O7S2/c20-15(18-16-9-11-5-1-3-7-13(11)27(21,22)23)19-17-10-12-6-2-4-8-14(12)28(24,25)26/h1-10H,(H2,18,19,20)(H,21,22,23)(H,24,25,26)/b16-9+,17-10+. The Morgan fingerprint density at radius 1 is 0.750 bits per heavy atom. The highest BCUT2D eigenvalue weighted by molar-refractivity contribution is 7.86. The van der Waals surface area contributed by atoms with Gasteiger partial charge in [-0.2, -0.15) is 27.0 Å². The van der Waals surface area contributed by atoms with Gasteiger partial charge in [0.15, 0.2) is 0 Å². The number of hydrogen-bond donors (Lipinski definition) is 4. The molecule has 11 nitrogen and oxygen atoms in total. The maximum Gasteiger partial charge on any atom is 0.355 e. The largest absolute Gasteiger partial charge is 0.355 e. The first-order valence-corrected chi connectivity index (χ1v) is 10.2. The first kappa shape index (κ1) is 21.2. The molecule has 2 rings (SSSR count). The molecule has 28 heavy (non-hydrogen) atoms. The lowest BCUT2D eigenvalue weighted by Crippen LogP contribution is -2.28. The molecule has 0 saturated heterocycles. The van der Waals surface area contributed by atoms with Crippen molar-refractivity contribution in [2.24, 2.45) is 10.2 Å². The number of carbonyl (C=O) groups is 1. The number of amides is 2. The van der Waals surface area contributed by atoms with E-state index in [1.165, 1.54) is 36.4 Å². The topological polar surface area (TPSA) is 175 Å². The monoisotopic (exact) mass is 426 g/mol. The third-order valence-corrected chi connectivity index (χ3v) is 4.99. The number of nitrogens with one attached hydrogen (secondary N) is 2. The lowest BCUT2D eigenvalue weighted by Gasteiger charge is -2.02. The fourth-order valence-electron chi connectivity index (χ4n) is 1.99. The SMILES string of the molecule is O=C(N/N=C/c1ccccc1S(=O)(=O)O)N/N=C/c1ccccc1S(=O)(=O)O. The summed E-state index contributed by atoms with van der Waals surface area (Å²) in [5.41, 5.74) is 4.08. The van der Waals surface area contributed by atoms with E-state index in [-0.39, 0.29) is 20.9 Å². The fraction of sp³-hybridized carbons (Fsp3) is 0. The van der Waals surface area contributed by atoms with E-state index >= 15 is 0 Å². The minimum Gasteiger partial charge on any atom is -0.282 e. The van der Waals surface area contributed by atoms with Crippen LogP contribution in [0.15, 0.2) is 68.5 Å². The summed E-state index contributed by atoms with van der Waals surface area (Å²) in [4.78, 5) is 10.8. The van der Waals surface area contributed by atoms with Crippen LogP contribution in [0.25, 0.3) is 0 Å². The van der Waals surface area contributed by atoms with Crippen LogP contribution in [0.4, 0.5) is 4.79 Å². The van der Waals surface area contributed by atoms with Crippen molar-refractivity contribution in [3.05, 3.63) is 59.7 Å². The normalized spacial score (nSPS) is 12.4. The number of carbonyl (C=O) groups excluding carboxylic acids is 1. The fourth-order valence-corrected chi connectivity index (χ4v) is 3.33. The smallest absolute Gasteiger partial charge is 0.282 e. The lowest BCUT2D eigenvalue weighted by molar-refractivity contribution is 0.242. The first-order valence-electron chi connectivity index (χ1n) is 7.34. The highest BCUT2D eigenvalue weighted by Gasteiger charge is 2.14. The van der Waals surface area contributed by atoms with Crippen LogP contribution < -0.4 is 10.9 Å². The van der Waals surface area contributed by atoms with Gasteiger partial charge in [0.25, 0.3) is 20.2 Å². The van der Waals surface area contributed by atoms with Crippen LogP contribution in [0.5, 0.6) is 0 Å². The van der Waals surface area contributed by atoms with E-state index in [0.717, 1.165) is 24.6 Å². The Kier molecular flexibility index (Phi) is 6.58. The summed E-state index contributed by atoms with van der Waals surface area (Å²) in [6.45, 7) is 0. The van der Waals surface area contributed by atoms with E-state index in [4.69, 9.17) is 9.11 Å². The van der Waals surface area contributed by atoms with Crippen molar-refractivity contribution in [3.8, 4) is 0 Å². The van der Waals surface area contributed by atoms with Gasteiger partial charge >= 0.3 is 6.03 Å². The van der Waals surface area contributed by atoms with E-state index in [1.807, 2.05) is 10.9 Å². The minimum absolute atomic E-state index is 0.0379. The number of rotatable bonds is 6. The number of hydrazone groups is 2. The van der Waals surface area contributed by atoms with Crippen LogP contribution in [0, 0.1) is 0 Å². The van der Waals surface area contributed by atoms with E-state index in [1.54, 1.807) is 0 Å². The van der Waals surface area contributed by atoms with Crippen LogP contribution in [0.2, 0.25) is 0 Å². The van der Waals surface area contributed by atoms with Gasteiger partial charge < -0.3 is 0 Å². The molecule has 0 aromatic heterocycles. The zero-order valence-corrected chi connectivity index (χ0v) is 15.6. The molecule has 0 aliphatic rings. The average molecular weight is 426 g/mol. The molecule has 148 valence electrons. The molecule has 0 unspecified atom stereocenters. The number of hydrogen-bond acceptors (Lipinski definition) is 7. The Labute approximate surface area is 160 Å². The zero-order valence-electron chi connectivity index (χ0n) is 13.9. The Hall–Kier alpha value is -3.13. The summed E-state index contributed by atoms with van der Waals surface area (Å²) in [6.07, 6.45) is 2.00. The highest BCUT2D eigenvalue weighted by Crippen LogP contribution is 2.13. The van der Waals surface area contributed by atoms with E-state index in [9.17, 15) is 21.6 Å². The second-order valence-electron chi connectivity index (χ2n) is 5.09. The van der Waals surface area contributed by atoms with Gasteiger partial charge in [-0.05, 0) is 12.1 Å². The third-order valence-electron chi connectivity index (χ3n) is 3.13. The van der Waals surface area contributed by atoms with Crippen molar-refractivity contribution < 1.29 is 30.7 Å². The summed E-state index contributed by atoms with van der Waals surface area (Å²) in [5.74, 6) is 0. The van der Waals surface area contributed by atoms with Crippen molar-refractivity contribution in [2.45, 2.75) is 9.79 Å². The summed E-state index contributed by atoms with van der Waals surface area (Å²) in [6, 6.07) is 9.94. The molecule has 0 heterocycles. The molecular weight excluding hydrogens is 412 g/mol. The van der Waals surface area contributed by atoms with Crippen molar-refractivity contribution in [1.29, 1.82) is 0 Å². The molecular formula is C15H14N4O7S2. The Bertz CT molecular complexity index is 1050. The summed E-state index contributed by atoms with van der Waals surface area (Å²) in [5, 5.41) is 7.05. The molecule has 0 spiro atoms. The number of benzene rings is 2. The van der Waals surface area contributed by atoms with Crippen LogP contribution in [-0.4, -0.2) is 44.4 Å². The molecule has 0 radical (unpaired) electrons. The Balaban J connectivity index is 2.02. The van der Waals surface area contributed by atoms with Crippen LogP contribution in [-0.2, 0) is 20.2 Å². The second-order valence-corrected chi connectivity index (χ2v) is 7.87. The molecule has 0 aliphatic carbocycles. The Morgan fingerprint density at radius 3 is 1.46 bits per heavy atom. The van der Waals surface area contributed by atoms with Gasteiger partial charge in [-0.3, -0.25) is 9.11 Å². The molecule has 0 bridgehead atoms. The third kappa shape index (κ3) is 5.95. The van der Waals surface area contributed by atoms with Gasteiger partial charge in [0.2, 0.25) is 0 Å². The molecule has 0 fully saturated rings. The number of urea groups is 1. The van der Waals surface area contributed by atoms with Gasteiger partial charge in [-0.15, -0.1) is 0 Å². The van der Waals surface area contributed by atoms with Crippen molar-refractivity contribution in [3.63, 3.8) is 0 Å². The van der Waals surface area contributed by atoms with Crippen LogP contribution in [0.3, 0.4) is 0 Å². The lowest BCUT2D eigenvalue weighted by atomic mass is 10.2. The maximum atomic E-state index is 11.6. The quantitative estimate of drug-likeness (QED) is 0.301. The minimum atomic E-state index is -4.46. The predicted molar refractivity (Wildman–Crippen MR) is 99.4 cm³/mol. The van der Waals surface area contributed by atoms with Crippen molar-refractivity contribution in [1.82, 2.24) is 10.9 Å². The molecule has 2 aromatic carbocycles. The molecule has 4 N–H and O–H groups in total. The van der Waals surface area contributed by atoms with Crippen molar-refractivity contribution >= 4 is 38.7 Å². The average Bonchev–Trinajstić information content (AvgIpc) is 2.61. The molecule has 2 aromatic rings. The summed E-state index contributed by atoms with van der Waals surface area (Å²) in [7, 11) is -8.92. The molecule has 2 amide bonds. The predicted octanol–water partition coefficient (Wildman–Crippen LogP) is 0.847. The molecule has 0 saturated carbocycles. The summed E-state index contributed by atoms with van der Waals surface area (Å²) >= 11 is 0. The maximum absolute atomic E-state index is 11.6. The summed E-state index contributed by atoms with van der Waals surface area (Å²) < 4.78 is 63.2. The molecule has 13 heteroatoms. The van der Waals surface area contributed by atoms with Crippen molar-refractivity contribution in [2.75, 3.05) is 0 Å². The van der Waals surface area contributed by atoms with Gasteiger partial charge in [-0.1, -0.05) is 36.4 Å².